The maximum Gasteiger partial charge on any atom is 0.238 e. The van der Waals surface area contributed by atoms with Crippen molar-refractivity contribution in [3.05, 3.63) is 29.3 Å². The third-order valence-corrected chi connectivity index (χ3v) is 4.30. The van der Waals surface area contributed by atoms with Crippen LogP contribution in [0, 0.1) is 13.8 Å². The first-order chi connectivity index (χ1) is 9.97. The number of amides is 1. The monoisotopic (exact) mass is 323 g/mol. The van der Waals surface area contributed by atoms with Gasteiger partial charge in [0.1, 0.15) is 4.32 Å². The van der Waals surface area contributed by atoms with Crippen molar-refractivity contribution in [3.63, 3.8) is 0 Å². The van der Waals surface area contributed by atoms with E-state index in [4.69, 9.17) is 12.2 Å². The Bertz CT molecular complexity index is 519. The second kappa shape index (κ2) is 7.24. The van der Waals surface area contributed by atoms with Crippen LogP contribution in [-0.2, 0) is 4.79 Å². The van der Waals surface area contributed by atoms with Gasteiger partial charge in [-0.1, -0.05) is 30.4 Å². The Morgan fingerprint density at radius 2 is 1.81 bits per heavy atom. The number of hydrogen-bond acceptors (Lipinski definition) is 3. The van der Waals surface area contributed by atoms with E-state index in [1.54, 1.807) is 0 Å². The standard InChI is InChI=1S/C15H21N3OS2/c1-11-4-3-5-12(2)14(11)16-13(19)10-17-6-8-18(9-7-17)15(20)21/h3-5H,6-10H2,1-2H3,(H,16,19)(H,20,21). The van der Waals surface area contributed by atoms with E-state index in [0.29, 0.717) is 10.9 Å². The molecular formula is C15H21N3OS2. The molecule has 21 heavy (non-hydrogen) atoms. The molecule has 1 aromatic carbocycles. The van der Waals surface area contributed by atoms with Crippen LogP contribution in [0.5, 0.6) is 0 Å². The van der Waals surface area contributed by atoms with Crippen LogP contribution in [0.1, 0.15) is 11.1 Å². The molecule has 0 atom stereocenters. The number of thiocarbonyl (C=S) groups is 1. The predicted molar refractivity (Wildman–Crippen MR) is 94.1 cm³/mol. The van der Waals surface area contributed by atoms with Crippen LogP contribution in [-0.4, -0.2) is 52.8 Å². The van der Waals surface area contributed by atoms with Crippen molar-refractivity contribution < 1.29 is 4.79 Å². The van der Waals surface area contributed by atoms with Crippen molar-refractivity contribution in [3.8, 4) is 0 Å². The second-order valence-corrected chi connectivity index (χ2v) is 6.47. The molecule has 1 aromatic rings. The minimum Gasteiger partial charge on any atom is -0.355 e. The minimum absolute atomic E-state index is 0.0364. The van der Waals surface area contributed by atoms with Crippen LogP contribution in [0.15, 0.2) is 18.2 Å². The van der Waals surface area contributed by atoms with Crippen molar-refractivity contribution >= 4 is 40.8 Å². The SMILES string of the molecule is Cc1cccc(C)c1NC(=O)CN1CCN(C(=S)S)CC1. The fourth-order valence-electron chi connectivity index (χ4n) is 2.49. The Kier molecular flexibility index (Phi) is 5.61. The highest BCUT2D eigenvalue weighted by molar-refractivity contribution is 8.10. The molecule has 0 radical (unpaired) electrons. The van der Waals surface area contributed by atoms with Gasteiger partial charge in [0.05, 0.1) is 6.54 Å². The quantitative estimate of drug-likeness (QED) is 0.659. The summed E-state index contributed by atoms with van der Waals surface area (Å²) in [6.45, 7) is 7.77. The van der Waals surface area contributed by atoms with Gasteiger partial charge in [0.2, 0.25) is 5.91 Å². The number of para-hydroxylation sites is 1. The van der Waals surface area contributed by atoms with Crippen molar-refractivity contribution in [1.29, 1.82) is 0 Å². The number of anilines is 1. The lowest BCUT2D eigenvalue weighted by molar-refractivity contribution is -0.117. The lowest BCUT2D eigenvalue weighted by Crippen LogP contribution is -2.49. The van der Waals surface area contributed by atoms with Gasteiger partial charge in [-0.25, -0.2) is 0 Å². The first-order valence-electron chi connectivity index (χ1n) is 7.03. The van der Waals surface area contributed by atoms with Gasteiger partial charge in [-0.05, 0) is 25.0 Å². The Labute approximate surface area is 136 Å². The Hall–Kier alpha value is -1.11. The number of carbonyl (C=O) groups excluding carboxylic acids is 1. The lowest BCUT2D eigenvalue weighted by Gasteiger charge is -2.34. The first-order valence-corrected chi connectivity index (χ1v) is 7.89. The van der Waals surface area contributed by atoms with Crippen LogP contribution in [0.3, 0.4) is 0 Å². The third kappa shape index (κ3) is 4.43. The molecular weight excluding hydrogens is 302 g/mol. The number of thiol groups is 1. The van der Waals surface area contributed by atoms with Gasteiger partial charge in [-0.2, -0.15) is 0 Å². The second-order valence-electron chi connectivity index (χ2n) is 5.36. The van der Waals surface area contributed by atoms with Gasteiger partial charge in [0, 0.05) is 31.9 Å². The highest BCUT2D eigenvalue weighted by atomic mass is 32.1. The number of hydrogen-bond donors (Lipinski definition) is 2. The summed E-state index contributed by atoms with van der Waals surface area (Å²) in [6, 6.07) is 6.02. The lowest BCUT2D eigenvalue weighted by atomic mass is 10.1. The predicted octanol–water partition coefficient (Wildman–Crippen LogP) is 2.07. The zero-order valence-corrected chi connectivity index (χ0v) is 14.1. The van der Waals surface area contributed by atoms with Crippen molar-refractivity contribution in [2.45, 2.75) is 13.8 Å². The smallest absolute Gasteiger partial charge is 0.238 e. The van der Waals surface area contributed by atoms with Gasteiger partial charge in [-0.3, -0.25) is 9.69 Å². The van der Waals surface area contributed by atoms with E-state index in [1.807, 2.05) is 32.0 Å². The van der Waals surface area contributed by atoms with Crippen LogP contribution in [0.2, 0.25) is 0 Å². The van der Waals surface area contributed by atoms with E-state index in [-0.39, 0.29) is 5.91 Å². The average Bonchev–Trinajstić information content (AvgIpc) is 2.43. The summed E-state index contributed by atoms with van der Waals surface area (Å²) in [5.74, 6) is 0.0364. The van der Waals surface area contributed by atoms with Gasteiger partial charge in [0.15, 0.2) is 0 Å². The van der Waals surface area contributed by atoms with E-state index in [9.17, 15) is 4.79 Å². The first kappa shape index (κ1) is 16.3. The van der Waals surface area contributed by atoms with Gasteiger partial charge in [-0.15, -0.1) is 12.6 Å². The van der Waals surface area contributed by atoms with Crippen LogP contribution in [0.25, 0.3) is 0 Å². The molecule has 0 saturated carbocycles. The zero-order valence-electron chi connectivity index (χ0n) is 12.4. The zero-order chi connectivity index (χ0) is 15.4. The molecule has 114 valence electrons. The highest BCUT2D eigenvalue weighted by Crippen LogP contribution is 2.19. The molecule has 1 fully saturated rings. The summed E-state index contributed by atoms with van der Waals surface area (Å²) in [5.41, 5.74) is 3.11. The van der Waals surface area contributed by atoms with Gasteiger partial charge >= 0.3 is 0 Å². The number of nitrogens with zero attached hydrogens (tertiary/aromatic N) is 2. The summed E-state index contributed by atoms with van der Waals surface area (Å²) in [5, 5.41) is 3.02. The largest absolute Gasteiger partial charge is 0.355 e. The molecule has 6 heteroatoms. The van der Waals surface area contributed by atoms with Crippen molar-refractivity contribution in [1.82, 2.24) is 9.80 Å². The molecule has 1 saturated heterocycles. The molecule has 1 N–H and O–H groups in total. The molecule has 1 aliphatic rings. The fourth-order valence-corrected chi connectivity index (χ4v) is 2.87. The molecule has 0 aliphatic carbocycles. The minimum atomic E-state index is 0.0364. The highest BCUT2D eigenvalue weighted by Gasteiger charge is 2.19. The summed E-state index contributed by atoms with van der Waals surface area (Å²) in [7, 11) is 0. The van der Waals surface area contributed by atoms with Gasteiger partial charge in [0.25, 0.3) is 0 Å². The molecule has 4 nitrogen and oxygen atoms in total. The number of aryl methyl sites for hydroxylation is 2. The summed E-state index contributed by atoms with van der Waals surface area (Å²) in [4.78, 5) is 16.4. The molecule has 2 rings (SSSR count). The molecule has 1 amide bonds. The van der Waals surface area contributed by atoms with Gasteiger partial charge < -0.3 is 10.2 Å². The topological polar surface area (TPSA) is 35.6 Å². The number of benzene rings is 1. The van der Waals surface area contributed by atoms with Crippen LogP contribution < -0.4 is 5.32 Å². The molecule has 0 unspecified atom stereocenters. The van der Waals surface area contributed by atoms with E-state index >= 15 is 0 Å². The average molecular weight is 323 g/mol. The Morgan fingerprint density at radius 1 is 1.24 bits per heavy atom. The summed E-state index contributed by atoms with van der Waals surface area (Å²) in [6.07, 6.45) is 0. The number of carbonyl (C=O) groups is 1. The Balaban J connectivity index is 1.87. The number of piperazine rings is 1. The number of rotatable bonds is 3. The maximum atomic E-state index is 12.2. The normalized spacial score (nSPS) is 15.9. The molecule has 1 aliphatic heterocycles. The van der Waals surface area contributed by atoms with E-state index in [2.05, 4.69) is 27.7 Å². The van der Waals surface area contributed by atoms with Crippen molar-refractivity contribution in [2.24, 2.45) is 0 Å². The van der Waals surface area contributed by atoms with Crippen LogP contribution in [0.4, 0.5) is 5.69 Å². The van der Waals surface area contributed by atoms with Crippen LogP contribution >= 0.6 is 24.8 Å². The van der Waals surface area contributed by atoms with E-state index < -0.39 is 0 Å². The van der Waals surface area contributed by atoms with E-state index in [0.717, 1.165) is 43.0 Å². The maximum absolute atomic E-state index is 12.2. The molecule has 0 spiro atoms. The van der Waals surface area contributed by atoms with Crippen molar-refractivity contribution in [2.75, 3.05) is 38.0 Å². The fraction of sp³-hybridized carbons (Fsp3) is 0.467. The summed E-state index contributed by atoms with van der Waals surface area (Å²) >= 11 is 9.24. The van der Waals surface area contributed by atoms with E-state index in [1.165, 1.54) is 0 Å². The molecule has 0 aromatic heterocycles. The molecule has 0 bridgehead atoms. The number of nitrogens with one attached hydrogen (secondary N) is 1. The summed E-state index contributed by atoms with van der Waals surface area (Å²) < 4.78 is 0.634. The third-order valence-electron chi connectivity index (χ3n) is 3.76. The Morgan fingerprint density at radius 3 is 2.33 bits per heavy atom. The molecule has 1 heterocycles.